The van der Waals surface area contributed by atoms with Crippen molar-refractivity contribution in [3.63, 3.8) is 0 Å². The lowest BCUT2D eigenvalue weighted by Gasteiger charge is -2.19. The summed E-state index contributed by atoms with van der Waals surface area (Å²) < 4.78 is 12.0. The monoisotopic (exact) mass is 436 g/mol. The summed E-state index contributed by atoms with van der Waals surface area (Å²) in [7, 11) is 0. The van der Waals surface area contributed by atoms with Crippen molar-refractivity contribution in [3.8, 4) is 0 Å². The van der Waals surface area contributed by atoms with Gasteiger partial charge in [-0.25, -0.2) is 0 Å². The summed E-state index contributed by atoms with van der Waals surface area (Å²) in [5.41, 5.74) is 0. The largest absolute Gasteiger partial charge is 0.466 e. The Morgan fingerprint density at radius 2 is 1.55 bits per heavy atom. The first-order valence-electron chi connectivity index (χ1n) is 9.31. The van der Waals surface area contributed by atoms with Gasteiger partial charge >= 0.3 is 16.5 Å². The van der Waals surface area contributed by atoms with Crippen molar-refractivity contribution in [3.05, 3.63) is 0 Å². The number of unbranched alkanes of at least 4 members (excludes halogenated alkanes) is 3. The van der Waals surface area contributed by atoms with Crippen LogP contribution in [0.5, 0.6) is 0 Å². The van der Waals surface area contributed by atoms with Crippen LogP contribution in [0, 0.1) is 11.8 Å². The quantitative estimate of drug-likeness (QED) is 0.123. The van der Waals surface area contributed by atoms with Gasteiger partial charge in [0, 0.05) is 13.2 Å². The third-order valence-electron chi connectivity index (χ3n) is 4.17. The Balaban J connectivity index is 3.32. The molecule has 0 aromatic heterocycles. The second-order valence-corrected chi connectivity index (χ2v) is 11.4. The van der Waals surface area contributed by atoms with Crippen LogP contribution in [0.15, 0.2) is 0 Å². The van der Waals surface area contributed by atoms with Gasteiger partial charge in [0.05, 0.1) is 0 Å². The van der Waals surface area contributed by atoms with Crippen LogP contribution < -0.4 is 0 Å². The normalized spacial score (nSPS) is 15.3. The number of rotatable bonds is 16. The highest BCUT2D eigenvalue weighted by atomic mass is 127. The molecule has 22 heavy (non-hydrogen) atoms. The second kappa shape index (κ2) is 17.2. The molecule has 0 aliphatic rings. The van der Waals surface area contributed by atoms with Gasteiger partial charge in [-0.2, -0.15) is 0 Å². The van der Waals surface area contributed by atoms with Gasteiger partial charge in [-0.05, 0) is 37.5 Å². The molecule has 0 aromatic carbocycles. The Labute approximate surface area is 159 Å². The molecule has 0 aromatic rings. The fourth-order valence-corrected chi connectivity index (χ4v) is 4.77. The molecule has 0 radical (unpaired) electrons. The van der Waals surface area contributed by atoms with Gasteiger partial charge in [0.25, 0.3) is 0 Å². The van der Waals surface area contributed by atoms with E-state index in [4.69, 9.17) is 9.47 Å². The third-order valence-corrected chi connectivity index (χ3v) is 9.54. The number of halogens is 1. The lowest BCUT2D eigenvalue weighted by Crippen LogP contribution is -2.08. The van der Waals surface area contributed by atoms with Crippen molar-refractivity contribution in [1.82, 2.24) is 0 Å². The summed E-state index contributed by atoms with van der Waals surface area (Å²) in [6.07, 6.45) is 10.3. The maximum absolute atomic E-state index is 5.56. The maximum atomic E-state index is 5.56. The van der Waals surface area contributed by atoms with Crippen LogP contribution in [-0.2, 0) is 9.47 Å². The van der Waals surface area contributed by atoms with Crippen LogP contribution in [0.4, 0.5) is 0 Å². The van der Waals surface area contributed by atoms with Crippen molar-refractivity contribution < 1.29 is 9.47 Å². The molecule has 3 unspecified atom stereocenters. The predicted octanol–water partition coefficient (Wildman–Crippen LogP) is 6.25. The van der Waals surface area contributed by atoms with E-state index in [1.165, 1.54) is 51.4 Å². The first kappa shape index (κ1) is 23.4. The van der Waals surface area contributed by atoms with E-state index in [-0.39, 0.29) is 16.5 Å². The fraction of sp³-hybridized carbons (Fsp3) is 1.00. The molecule has 4 heteroatoms. The molecule has 3 atom stereocenters. The minimum Gasteiger partial charge on any atom is -0.355 e. The summed E-state index contributed by atoms with van der Waals surface area (Å²) in [6.45, 7) is 11.7. The molecule has 0 N–H and O–H groups in total. The standard InChI is InChI=1S/C18H37O2.HI.Mg/c1-5-7-8-9-13-19-16-20-14-10-12-18(4)15-17(3)11-6-2;;/h6,17-18H,5,7-16H2,1-4H3;1H;/q;;+1/p-1. The predicted molar refractivity (Wildman–Crippen MR) is 107 cm³/mol. The molecule has 0 amide bonds. The van der Waals surface area contributed by atoms with E-state index in [1.807, 2.05) is 0 Å². The van der Waals surface area contributed by atoms with E-state index < -0.39 is 0 Å². The molecule has 0 spiro atoms. The molecule has 0 aliphatic carbocycles. The van der Waals surface area contributed by atoms with Crippen LogP contribution in [0.1, 0.15) is 79.1 Å². The summed E-state index contributed by atoms with van der Waals surface area (Å²) in [5, 5.41) is 0. The van der Waals surface area contributed by atoms with Gasteiger partial charge in [-0.15, -0.1) is 4.05 Å². The zero-order valence-corrected chi connectivity index (χ0v) is 19.0. The van der Waals surface area contributed by atoms with Crippen LogP contribution in [0.2, 0.25) is 4.05 Å². The maximum Gasteiger partial charge on any atom is 0.466 e. The minimum absolute atomic E-state index is 0.163. The molecule has 0 fully saturated rings. The highest BCUT2D eigenvalue weighted by Crippen LogP contribution is 2.25. The lowest BCUT2D eigenvalue weighted by atomic mass is 9.91. The van der Waals surface area contributed by atoms with Gasteiger partial charge in [0.2, 0.25) is 0 Å². The zero-order valence-electron chi connectivity index (χ0n) is 15.4. The van der Waals surface area contributed by atoms with E-state index in [9.17, 15) is 0 Å². The molecular weight excluding hydrogens is 399 g/mol. The summed E-state index contributed by atoms with van der Waals surface area (Å²) in [4.78, 5) is 0. The average molecular weight is 437 g/mol. The lowest BCUT2D eigenvalue weighted by molar-refractivity contribution is -0.0561. The van der Waals surface area contributed by atoms with Crippen LogP contribution in [0.3, 0.4) is 0 Å². The number of hydrogen-bond acceptors (Lipinski definition) is 2. The van der Waals surface area contributed by atoms with Crippen LogP contribution in [-0.4, -0.2) is 36.5 Å². The topological polar surface area (TPSA) is 18.5 Å². The number of ether oxygens (including phenoxy) is 2. The summed E-state index contributed by atoms with van der Waals surface area (Å²) >= 11 is 2.80. The SMILES string of the molecule is CCCCCCOCOCCCC(C)CC(C)C[CH](C)[Mg][I]. The van der Waals surface area contributed by atoms with Gasteiger partial charge < -0.3 is 28.3 Å². The van der Waals surface area contributed by atoms with Crippen molar-refractivity contribution in [1.29, 1.82) is 0 Å². The molecule has 2 nitrogen and oxygen atoms in total. The molecular formula is C18H37IMgO2. The first-order chi connectivity index (χ1) is 10.6. The molecule has 130 valence electrons. The molecule has 0 saturated heterocycles. The Kier molecular flexibility index (Phi) is 18.4. The fourth-order valence-electron chi connectivity index (χ4n) is 2.99. The van der Waals surface area contributed by atoms with E-state index in [0.29, 0.717) is 6.79 Å². The van der Waals surface area contributed by atoms with Gasteiger partial charge in [0.15, 0.2) is 0 Å². The highest BCUT2D eigenvalue weighted by molar-refractivity contribution is 14.1. The summed E-state index contributed by atoms with van der Waals surface area (Å²) in [5.74, 6) is 1.72. The van der Waals surface area contributed by atoms with Gasteiger partial charge in [-0.3, -0.25) is 0 Å². The minimum atomic E-state index is 0.163. The Morgan fingerprint density at radius 1 is 0.864 bits per heavy atom. The molecule has 0 heterocycles. The zero-order chi connectivity index (χ0) is 16.6. The van der Waals surface area contributed by atoms with Gasteiger partial charge in [-0.1, -0.05) is 53.4 Å². The molecule has 0 aliphatic heterocycles. The molecule has 0 rings (SSSR count). The van der Waals surface area contributed by atoms with E-state index in [1.54, 1.807) is 0 Å². The summed E-state index contributed by atoms with van der Waals surface area (Å²) in [6, 6.07) is 0. The van der Waals surface area contributed by atoms with E-state index in [2.05, 4.69) is 46.5 Å². The van der Waals surface area contributed by atoms with E-state index >= 15 is 0 Å². The third kappa shape index (κ3) is 16.3. The smallest absolute Gasteiger partial charge is 0.355 e. The Hall–Kier alpha value is 1.42. The van der Waals surface area contributed by atoms with Gasteiger partial charge in [0.1, 0.15) is 6.79 Å². The average Bonchev–Trinajstić information content (AvgIpc) is 2.48. The molecule has 0 bridgehead atoms. The van der Waals surface area contributed by atoms with Crippen molar-refractivity contribution in [2.45, 2.75) is 83.1 Å². The van der Waals surface area contributed by atoms with Crippen molar-refractivity contribution >= 4 is 35.3 Å². The molecule has 0 saturated carbocycles. The first-order valence-corrected chi connectivity index (χ1v) is 15.2. The van der Waals surface area contributed by atoms with E-state index in [0.717, 1.165) is 29.1 Å². The van der Waals surface area contributed by atoms with Crippen LogP contribution in [0.25, 0.3) is 0 Å². The Bertz CT molecular complexity index is 229. The van der Waals surface area contributed by atoms with Crippen molar-refractivity contribution in [2.75, 3.05) is 20.0 Å². The second-order valence-electron chi connectivity index (χ2n) is 7.08. The highest BCUT2D eigenvalue weighted by Gasteiger charge is 2.13. The number of hydrogen-bond donors (Lipinski definition) is 0. The van der Waals surface area contributed by atoms with Crippen molar-refractivity contribution in [2.24, 2.45) is 11.8 Å². The Morgan fingerprint density at radius 3 is 2.18 bits per heavy atom. The van der Waals surface area contributed by atoms with Crippen LogP contribution >= 0.6 is 18.9 Å².